The van der Waals surface area contributed by atoms with E-state index in [1.165, 1.54) is 28.0 Å². The molecule has 5 atom stereocenters. The molecule has 0 radical (unpaired) electrons. The number of halogens is 1. The molecule has 2 aliphatic carbocycles. The van der Waals surface area contributed by atoms with Gasteiger partial charge in [-0.15, -0.1) is 22.9 Å². The fourth-order valence-corrected chi connectivity index (χ4v) is 7.29. The maximum atomic E-state index is 11.6. The number of carbonyl (C=O) groups is 1. The van der Waals surface area contributed by atoms with Crippen LogP contribution in [0.25, 0.3) is 0 Å². The SMILES string of the molecule is C=C1CCc2sc(C(=O)O)cc2CCC(c2cccc(CC)c2)CC[C@@H]2[C@@H]1[C@H](Cl)C[C@H]2O. The van der Waals surface area contributed by atoms with E-state index in [1.807, 2.05) is 6.07 Å². The van der Waals surface area contributed by atoms with Gasteiger partial charge in [0.1, 0.15) is 4.88 Å². The van der Waals surface area contributed by atoms with Crippen LogP contribution in [0.5, 0.6) is 0 Å². The molecule has 0 aliphatic heterocycles. The van der Waals surface area contributed by atoms with Crippen LogP contribution in [0.15, 0.2) is 42.5 Å². The van der Waals surface area contributed by atoms with Crippen molar-refractivity contribution in [3.05, 3.63) is 68.9 Å². The first-order chi connectivity index (χ1) is 15.4. The van der Waals surface area contributed by atoms with E-state index in [0.717, 1.165) is 55.4 Å². The molecule has 172 valence electrons. The van der Waals surface area contributed by atoms with Crippen LogP contribution in [-0.2, 0) is 19.3 Å². The molecule has 4 rings (SSSR count). The first kappa shape index (κ1) is 23.5. The zero-order valence-corrected chi connectivity index (χ0v) is 20.3. The number of aryl methyl sites for hydroxylation is 3. The third kappa shape index (κ3) is 4.98. The van der Waals surface area contributed by atoms with Gasteiger partial charge in [-0.25, -0.2) is 4.79 Å². The Kier molecular flexibility index (Phi) is 7.44. The molecular weight excluding hydrogens is 440 g/mol. The second-order valence-electron chi connectivity index (χ2n) is 9.44. The van der Waals surface area contributed by atoms with Crippen LogP contribution in [0.4, 0.5) is 0 Å². The Morgan fingerprint density at radius 2 is 2.00 bits per heavy atom. The molecular formula is C27H33ClO3S. The van der Waals surface area contributed by atoms with Crippen LogP contribution in [0, 0.1) is 11.8 Å². The van der Waals surface area contributed by atoms with Crippen LogP contribution < -0.4 is 0 Å². The largest absolute Gasteiger partial charge is 0.477 e. The number of carboxylic acids is 1. The van der Waals surface area contributed by atoms with Crippen LogP contribution >= 0.6 is 22.9 Å². The number of aliphatic hydroxyl groups is 1. The highest BCUT2D eigenvalue weighted by atomic mass is 35.5. The predicted octanol–water partition coefficient (Wildman–Crippen LogP) is 6.61. The number of aliphatic hydroxyl groups excluding tert-OH is 1. The van der Waals surface area contributed by atoms with Gasteiger partial charge in [-0.1, -0.05) is 43.3 Å². The van der Waals surface area contributed by atoms with Gasteiger partial charge in [0, 0.05) is 16.2 Å². The number of aromatic carboxylic acids is 1. The molecule has 1 unspecified atom stereocenters. The number of thiophene rings is 1. The number of hydrogen-bond donors (Lipinski definition) is 2. The Morgan fingerprint density at radius 3 is 2.75 bits per heavy atom. The Hall–Kier alpha value is -1.62. The minimum Gasteiger partial charge on any atom is -0.477 e. The molecule has 0 amide bonds. The van der Waals surface area contributed by atoms with Gasteiger partial charge in [-0.2, -0.15) is 0 Å². The van der Waals surface area contributed by atoms with E-state index in [-0.39, 0.29) is 23.3 Å². The molecule has 0 spiro atoms. The fourth-order valence-electron chi connectivity index (χ4n) is 5.69. The van der Waals surface area contributed by atoms with Crippen LogP contribution in [0.3, 0.4) is 0 Å². The topological polar surface area (TPSA) is 57.5 Å². The second-order valence-corrected chi connectivity index (χ2v) is 11.1. The Morgan fingerprint density at radius 1 is 1.19 bits per heavy atom. The highest BCUT2D eigenvalue weighted by Crippen LogP contribution is 2.45. The summed E-state index contributed by atoms with van der Waals surface area (Å²) in [6.45, 7) is 6.55. The van der Waals surface area contributed by atoms with Gasteiger partial charge >= 0.3 is 5.97 Å². The summed E-state index contributed by atoms with van der Waals surface area (Å²) < 4.78 is 0. The van der Waals surface area contributed by atoms with Crippen LogP contribution in [0.2, 0.25) is 0 Å². The summed E-state index contributed by atoms with van der Waals surface area (Å²) in [5, 5.41) is 20.3. The molecule has 1 heterocycles. The van der Waals surface area contributed by atoms with Gasteiger partial charge in [0.05, 0.1) is 6.10 Å². The average molecular weight is 473 g/mol. The van der Waals surface area contributed by atoms with Crippen molar-refractivity contribution in [3.8, 4) is 0 Å². The number of alkyl halides is 1. The molecule has 5 heteroatoms. The standard InChI is InChI=1S/C27H33ClO3S/c1-3-17-5-4-6-19(13-17)18-8-9-20-14-25(27(30)31)32-24(20)12-7-16(2)26-21(11-10-18)23(29)15-22(26)28/h4-6,13-14,18,21-23,26,29H,2-3,7-12,15H2,1H3,(H,30,31)/t18?,21-,22+,23+,26+/m0/s1. The van der Waals surface area contributed by atoms with Gasteiger partial charge in [0.2, 0.25) is 0 Å². The minimum atomic E-state index is -0.849. The van der Waals surface area contributed by atoms with E-state index in [1.54, 1.807) is 0 Å². The van der Waals surface area contributed by atoms with E-state index in [2.05, 4.69) is 37.8 Å². The molecule has 32 heavy (non-hydrogen) atoms. The molecule has 2 N–H and O–H groups in total. The lowest BCUT2D eigenvalue weighted by atomic mass is 9.79. The van der Waals surface area contributed by atoms with Crippen molar-refractivity contribution in [1.82, 2.24) is 0 Å². The number of benzene rings is 1. The van der Waals surface area contributed by atoms with Crippen molar-refractivity contribution in [2.75, 3.05) is 0 Å². The van der Waals surface area contributed by atoms with E-state index >= 15 is 0 Å². The first-order valence-corrected chi connectivity index (χ1v) is 13.1. The van der Waals surface area contributed by atoms with Crippen molar-refractivity contribution in [2.45, 2.75) is 75.7 Å². The molecule has 1 aromatic heterocycles. The fraction of sp³-hybridized carbons (Fsp3) is 0.519. The third-order valence-electron chi connectivity index (χ3n) is 7.51. The summed E-state index contributed by atoms with van der Waals surface area (Å²) in [7, 11) is 0. The van der Waals surface area contributed by atoms with Gasteiger partial charge in [-0.3, -0.25) is 0 Å². The van der Waals surface area contributed by atoms with E-state index in [0.29, 0.717) is 17.2 Å². The number of carboxylic acid groups (broad SMARTS) is 1. The molecule has 1 fully saturated rings. The van der Waals surface area contributed by atoms with Crippen molar-refractivity contribution < 1.29 is 15.0 Å². The number of rotatable bonds is 3. The maximum absolute atomic E-state index is 11.6. The summed E-state index contributed by atoms with van der Waals surface area (Å²) in [4.78, 5) is 13.2. The lowest BCUT2D eigenvalue weighted by molar-refractivity contribution is 0.0702. The van der Waals surface area contributed by atoms with Gasteiger partial charge < -0.3 is 10.2 Å². The molecule has 2 aromatic rings. The second kappa shape index (κ2) is 10.1. The summed E-state index contributed by atoms with van der Waals surface area (Å²) in [6.07, 6.45) is 6.64. The molecule has 3 nitrogen and oxygen atoms in total. The van der Waals surface area contributed by atoms with Crippen molar-refractivity contribution in [2.24, 2.45) is 11.8 Å². The highest BCUT2D eigenvalue weighted by Gasteiger charge is 2.42. The molecule has 2 aliphatic rings. The average Bonchev–Trinajstić information content (AvgIpc) is 3.31. The van der Waals surface area contributed by atoms with E-state index < -0.39 is 5.97 Å². The van der Waals surface area contributed by atoms with Crippen LogP contribution in [0.1, 0.15) is 76.2 Å². The Balaban J connectivity index is 1.68. The Labute approximate surface area is 200 Å². The molecule has 1 saturated carbocycles. The number of allylic oxidation sites excluding steroid dienone is 1. The normalized spacial score (nSPS) is 29.0. The third-order valence-corrected chi connectivity index (χ3v) is 9.18. The molecule has 0 saturated heterocycles. The van der Waals surface area contributed by atoms with Gasteiger partial charge in [0.25, 0.3) is 0 Å². The van der Waals surface area contributed by atoms with Gasteiger partial charge in [-0.05, 0) is 86.0 Å². The first-order valence-electron chi connectivity index (χ1n) is 11.8. The highest BCUT2D eigenvalue weighted by molar-refractivity contribution is 7.14. The van der Waals surface area contributed by atoms with Crippen molar-refractivity contribution in [3.63, 3.8) is 0 Å². The smallest absolute Gasteiger partial charge is 0.345 e. The van der Waals surface area contributed by atoms with Crippen molar-refractivity contribution in [1.29, 1.82) is 0 Å². The van der Waals surface area contributed by atoms with E-state index in [4.69, 9.17) is 11.6 Å². The summed E-state index contributed by atoms with van der Waals surface area (Å²) >= 11 is 8.11. The zero-order valence-electron chi connectivity index (χ0n) is 18.7. The number of fused-ring (bicyclic) bond motifs is 2. The summed E-state index contributed by atoms with van der Waals surface area (Å²) in [5.41, 5.74) is 4.96. The van der Waals surface area contributed by atoms with Gasteiger partial charge in [0.15, 0.2) is 0 Å². The minimum absolute atomic E-state index is 0.0790. The summed E-state index contributed by atoms with van der Waals surface area (Å²) in [5.74, 6) is -0.204. The maximum Gasteiger partial charge on any atom is 0.345 e. The monoisotopic (exact) mass is 472 g/mol. The predicted molar refractivity (Wildman–Crippen MR) is 132 cm³/mol. The molecule has 1 aromatic carbocycles. The van der Waals surface area contributed by atoms with Crippen molar-refractivity contribution >= 4 is 28.9 Å². The quantitative estimate of drug-likeness (QED) is 0.390. The number of hydrogen-bond acceptors (Lipinski definition) is 3. The lowest BCUT2D eigenvalue weighted by Crippen LogP contribution is -2.23. The zero-order chi connectivity index (χ0) is 22.8. The summed E-state index contributed by atoms with van der Waals surface area (Å²) in [6, 6.07) is 10.7. The Bertz CT molecular complexity index is 981. The van der Waals surface area contributed by atoms with E-state index in [9.17, 15) is 15.0 Å². The van der Waals surface area contributed by atoms with Crippen LogP contribution in [-0.4, -0.2) is 27.7 Å². The molecule has 0 bridgehead atoms. The lowest BCUT2D eigenvalue weighted by Gasteiger charge is -2.28.